The van der Waals surface area contributed by atoms with Crippen molar-refractivity contribution in [1.82, 2.24) is 0 Å². The van der Waals surface area contributed by atoms with Crippen LogP contribution in [-0.4, -0.2) is 18.5 Å². The quantitative estimate of drug-likeness (QED) is 0.531. The minimum atomic E-state index is -0.705. The van der Waals surface area contributed by atoms with E-state index in [1.807, 2.05) is 0 Å². The van der Waals surface area contributed by atoms with Crippen LogP contribution >= 0.6 is 11.3 Å². The predicted molar refractivity (Wildman–Crippen MR) is 117 cm³/mol. The Morgan fingerprint density at radius 1 is 1.12 bits per heavy atom. The molecule has 0 radical (unpaired) electrons. The number of amides is 1. The lowest BCUT2D eigenvalue weighted by molar-refractivity contribution is -0.119. The van der Waals surface area contributed by atoms with Crippen molar-refractivity contribution in [3.05, 3.63) is 81.5 Å². The molecule has 0 fully saturated rings. The van der Waals surface area contributed by atoms with Crippen LogP contribution in [0.15, 0.2) is 48.5 Å². The third kappa shape index (κ3) is 4.79. The molecule has 6 nitrogen and oxygen atoms in total. The Balaban J connectivity index is 1.36. The van der Waals surface area contributed by atoms with E-state index in [9.17, 15) is 19.2 Å². The summed E-state index contributed by atoms with van der Waals surface area (Å²) in [6, 6.07) is 14.5. The van der Waals surface area contributed by atoms with E-state index < -0.39 is 18.5 Å². The van der Waals surface area contributed by atoms with Crippen LogP contribution in [0.4, 0.5) is 9.39 Å². The Kier molecular flexibility index (Phi) is 6.47. The van der Waals surface area contributed by atoms with Gasteiger partial charge < -0.3 is 14.8 Å². The predicted octanol–water partition coefficient (Wildman–Crippen LogP) is 4.62. The van der Waals surface area contributed by atoms with E-state index in [0.29, 0.717) is 16.3 Å². The first kappa shape index (κ1) is 21.5. The molecule has 1 N–H and O–H groups in total. The normalized spacial score (nSPS) is 12.0. The smallest absolute Gasteiger partial charge is 0.342 e. The average Bonchev–Trinajstić information content (AvgIpc) is 3.38. The molecule has 0 atom stereocenters. The van der Waals surface area contributed by atoms with Crippen LogP contribution in [0.25, 0.3) is 0 Å². The number of benzene rings is 2. The van der Waals surface area contributed by atoms with E-state index in [1.165, 1.54) is 29.5 Å². The van der Waals surface area contributed by atoms with Crippen LogP contribution in [0, 0.1) is 17.1 Å². The van der Waals surface area contributed by atoms with Crippen LogP contribution in [0.5, 0.6) is 5.75 Å². The lowest BCUT2D eigenvalue weighted by atomic mass is 10.1. The summed E-state index contributed by atoms with van der Waals surface area (Å²) in [6.45, 7) is -0.344. The highest BCUT2D eigenvalue weighted by Crippen LogP contribution is 2.38. The van der Waals surface area contributed by atoms with Gasteiger partial charge in [0.2, 0.25) is 0 Å². The van der Waals surface area contributed by atoms with Gasteiger partial charge in [-0.2, -0.15) is 5.26 Å². The molecule has 0 bridgehead atoms. The van der Waals surface area contributed by atoms with Gasteiger partial charge in [-0.1, -0.05) is 24.3 Å². The van der Waals surface area contributed by atoms with Gasteiger partial charge in [-0.25, -0.2) is 9.18 Å². The van der Waals surface area contributed by atoms with Crippen molar-refractivity contribution in [2.45, 2.75) is 25.9 Å². The molecule has 1 aliphatic carbocycles. The van der Waals surface area contributed by atoms with Crippen LogP contribution in [-0.2, 0) is 29.0 Å². The molecule has 0 aliphatic heterocycles. The fourth-order valence-corrected chi connectivity index (χ4v) is 4.74. The maximum Gasteiger partial charge on any atom is 0.342 e. The fraction of sp³-hybridized carbons (Fsp3) is 0.208. The van der Waals surface area contributed by atoms with Gasteiger partial charge in [0.05, 0.1) is 5.56 Å². The highest BCUT2D eigenvalue weighted by molar-refractivity contribution is 7.16. The van der Waals surface area contributed by atoms with E-state index in [4.69, 9.17) is 9.47 Å². The minimum absolute atomic E-state index is 0.144. The number of carbonyl (C=O) groups excluding carboxylic acids is 2. The lowest BCUT2D eigenvalue weighted by Gasteiger charge is -2.11. The minimum Gasteiger partial charge on any atom is -0.488 e. The fourth-order valence-electron chi connectivity index (χ4n) is 3.49. The van der Waals surface area contributed by atoms with Crippen molar-refractivity contribution in [2.24, 2.45) is 0 Å². The molecular formula is C24H19FN2O4S. The summed E-state index contributed by atoms with van der Waals surface area (Å²) < 4.78 is 23.9. The van der Waals surface area contributed by atoms with Gasteiger partial charge in [0, 0.05) is 4.88 Å². The molecule has 1 amide bonds. The molecule has 1 aromatic heterocycles. The Labute approximate surface area is 188 Å². The van der Waals surface area contributed by atoms with Crippen molar-refractivity contribution in [1.29, 1.82) is 5.26 Å². The second-order valence-corrected chi connectivity index (χ2v) is 8.31. The summed E-state index contributed by atoms with van der Waals surface area (Å²) in [7, 11) is 0. The number of hydrogen-bond donors (Lipinski definition) is 1. The van der Waals surface area contributed by atoms with Crippen LogP contribution in [0.2, 0.25) is 0 Å². The molecular weight excluding hydrogens is 431 g/mol. The number of anilines is 1. The van der Waals surface area contributed by atoms with Gasteiger partial charge in [0.15, 0.2) is 6.61 Å². The van der Waals surface area contributed by atoms with Crippen molar-refractivity contribution in [2.75, 3.05) is 11.9 Å². The summed E-state index contributed by atoms with van der Waals surface area (Å²) >= 11 is 1.40. The van der Waals surface area contributed by atoms with Gasteiger partial charge in [0.1, 0.15) is 34.8 Å². The summed E-state index contributed by atoms with van der Waals surface area (Å²) in [6.07, 6.45) is 2.77. The van der Waals surface area contributed by atoms with Crippen LogP contribution in [0.1, 0.15) is 38.3 Å². The average molecular weight is 450 g/mol. The number of aryl methyl sites for hydroxylation is 1. The molecule has 162 valence electrons. The number of fused-ring (bicyclic) bond motifs is 1. The Morgan fingerprint density at radius 3 is 2.69 bits per heavy atom. The van der Waals surface area contributed by atoms with Gasteiger partial charge >= 0.3 is 5.97 Å². The second kappa shape index (κ2) is 9.62. The number of esters is 1. The summed E-state index contributed by atoms with van der Waals surface area (Å²) in [5, 5.41) is 12.6. The first-order chi connectivity index (χ1) is 15.5. The molecule has 1 heterocycles. The van der Waals surface area contributed by atoms with Crippen molar-refractivity contribution in [3.8, 4) is 11.8 Å². The molecule has 1 aliphatic rings. The van der Waals surface area contributed by atoms with Gasteiger partial charge in [0.25, 0.3) is 5.91 Å². The molecule has 8 heteroatoms. The number of nitrogens with one attached hydrogen (secondary N) is 1. The highest BCUT2D eigenvalue weighted by Gasteiger charge is 2.23. The topological polar surface area (TPSA) is 88.4 Å². The van der Waals surface area contributed by atoms with Gasteiger partial charge in [-0.15, -0.1) is 11.3 Å². The monoisotopic (exact) mass is 450 g/mol. The van der Waals surface area contributed by atoms with Crippen molar-refractivity contribution >= 4 is 28.2 Å². The number of rotatable bonds is 7. The van der Waals surface area contributed by atoms with E-state index in [0.717, 1.165) is 35.3 Å². The van der Waals surface area contributed by atoms with Crippen LogP contribution < -0.4 is 10.1 Å². The van der Waals surface area contributed by atoms with E-state index >= 15 is 0 Å². The first-order valence-corrected chi connectivity index (χ1v) is 10.8. The number of para-hydroxylation sites is 1. The molecule has 2 aromatic carbocycles. The Hall–Kier alpha value is -3.70. The highest BCUT2D eigenvalue weighted by atomic mass is 32.1. The Bertz CT molecular complexity index is 1200. The van der Waals surface area contributed by atoms with Crippen LogP contribution in [0.3, 0.4) is 0 Å². The number of hydrogen-bond acceptors (Lipinski definition) is 6. The number of halogens is 1. The largest absolute Gasteiger partial charge is 0.488 e. The van der Waals surface area contributed by atoms with E-state index in [-0.39, 0.29) is 18.0 Å². The SMILES string of the molecule is N#Cc1c(NC(=O)COC(=O)c2ccccc2OCc2ccc(F)cc2)sc2c1CCC2. The molecule has 3 aromatic rings. The number of nitrogens with zero attached hydrogens (tertiary/aromatic N) is 1. The van der Waals surface area contributed by atoms with Gasteiger partial charge in [-0.05, 0) is 54.7 Å². The molecule has 32 heavy (non-hydrogen) atoms. The first-order valence-electron chi connectivity index (χ1n) is 10.0. The Morgan fingerprint density at radius 2 is 1.91 bits per heavy atom. The second-order valence-electron chi connectivity index (χ2n) is 7.21. The zero-order valence-corrected chi connectivity index (χ0v) is 17.8. The standard InChI is InChI=1S/C24H19FN2O4S/c25-16-10-8-15(9-11-16)13-30-20-6-2-1-4-18(20)24(29)31-14-22(28)27-23-19(12-26)17-5-3-7-21(17)32-23/h1-2,4,6,8-11H,3,5,7,13-14H2,(H,27,28). The molecule has 0 unspecified atom stereocenters. The molecule has 0 saturated heterocycles. The zero-order chi connectivity index (χ0) is 22.5. The van der Waals surface area contributed by atoms with Gasteiger partial charge in [-0.3, -0.25) is 4.79 Å². The van der Waals surface area contributed by atoms with Crippen molar-refractivity contribution < 1.29 is 23.5 Å². The van der Waals surface area contributed by atoms with E-state index in [2.05, 4.69) is 11.4 Å². The summed E-state index contributed by atoms with van der Waals surface area (Å²) in [4.78, 5) is 26.0. The third-order valence-corrected chi connectivity index (χ3v) is 6.24. The number of thiophene rings is 1. The summed E-state index contributed by atoms with van der Waals surface area (Å²) in [5.74, 6) is -1.27. The zero-order valence-electron chi connectivity index (χ0n) is 17.0. The van der Waals surface area contributed by atoms with E-state index in [1.54, 1.807) is 30.3 Å². The lowest BCUT2D eigenvalue weighted by Crippen LogP contribution is -2.21. The molecule has 0 saturated carbocycles. The number of carbonyl (C=O) groups is 2. The summed E-state index contributed by atoms with van der Waals surface area (Å²) in [5.41, 5.74) is 2.43. The van der Waals surface area contributed by atoms with Crippen molar-refractivity contribution in [3.63, 3.8) is 0 Å². The number of nitriles is 1. The maximum atomic E-state index is 13.0. The maximum absolute atomic E-state index is 13.0. The molecule has 4 rings (SSSR count). The molecule has 0 spiro atoms. The number of ether oxygens (including phenoxy) is 2. The third-order valence-electron chi connectivity index (χ3n) is 5.03.